The van der Waals surface area contributed by atoms with E-state index in [2.05, 4.69) is 31.5 Å². The topological polar surface area (TPSA) is 24.9 Å². The molecule has 0 amide bonds. The molecule has 1 aromatic heterocycles. The van der Waals surface area contributed by atoms with Gasteiger partial charge in [0.05, 0.1) is 5.69 Å². The Morgan fingerprint density at radius 3 is 2.74 bits per heavy atom. The molecule has 1 aromatic rings. The fourth-order valence-corrected chi connectivity index (χ4v) is 3.85. The lowest BCUT2D eigenvalue weighted by atomic mass is 9.89. The Hall–Kier alpha value is -0.120. The molecule has 4 heteroatoms. The SMILES string of the molecule is CC(C)(C)c1csc(CNCC2CCCCC2Cl)n1. The molecule has 19 heavy (non-hydrogen) atoms. The van der Waals surface area contributed by atoms with E-state index in [1.807, 2.05) is 0 Å². The van der Waals surface area contributed by atoms with Crippen LogP contribution in [0, 0.1) is 5.92 Å². The highest BCUT2D eigenvalue weighted by molar-refractivity contribution is 7.09. The first-order valence-electron chi connectivity index (χ1n) is 7.26. The highest BCUT2D eigenvalue weighted by atomic mass is 35.5. The van der Waals surface area contributed by atoms with Crippen molar-refractivity contribution in [1.82, 2.24) is 10.3 Å². The Labute approximate surface area is 126 Å². The van der Waals surface area contributed by atoms with Gasteiger partial charge in [0.1, 0.15) is 5.01 Å². The first kappa shape index (κ1) is 15.3. The summed E-state index contributed by atoms with van der Waals surface area (Å²) in [7, 11) is 0. The summed E-state index contributed by atoms with van der Waals surface area (Å²) in [6, 6.07) is 0. The Balaban J connectivity index is 1.78. The van der Waals surface area contributed by atoms with Crippen LogP contribution in [0.5, 0.6) is 0 Å². The summed E-state index contributed by atoms with van der Waals surface area (Å²) in [5, 5.41) is 7.26. The standard InChI is InChI=1S/C15H25ClN2S/c1-15(2,3)13-10-19-14(18-13)9-17-8-11-6-4-5-7-12(11)16/h10-12,17H,4-9H2,1-3H3. The maximum absolute atomic E-state index is 6.38. The highest BCUT2D eigenvalue weighted by Crippen LogP contribution is 2.28. The molecule has 0 bridgehead atoms. The molecule has 108 valence electrons. The average molecular weight is 301 g/mol. The number of nitrogens with zero attached hydrogens (tertiary/aromatic N) is 1. The fraction of sp³-hybridized carbons (Fsp3) is 0.800. The van der Waals surface area contributed by atoms with Crippen LogP contribution in [0.3, 0.4) is 0 Å². The van der Waals surface area contributed by atoms with Crippen LogP contribution in [0.4, 0.5) is 0 Å². The second-order valence-electron chi connectivity index (χ2n) is 6.57. The van der Waals surface area contributed by atoms with Gasteiger partial charge in [-0.15, -0.1) is 22.9 Å². The van der Waals surface area contributed by atoms with Crippen LogP contribution in [0.2, 0.25) is 0 Å². The van der Waals surface area contributed by atoms with E-state index in [4.69, 9.17) is 16.6 Å². The Morgan fingerprint density at radius 1 is 1.37 bits per heavy atom. The van der Waals surface area contributed by atoms with Crippen molar-refractivity contribution in [2.45, 2.75) is 63.8 Å². The van der Waals surface area contributed by atoms with Gasteiger partial charge in [0.15, 0.2) is 0 Å². The smallest absolute Gasteiger partial charge is 0.107 e. The van der Waals surface area contributed by atoms with Crippen molar-refractivity contribution < 1.29 is 0 Å². The molecule has 1 N–H and O–H groups in total. The third kappa shape index (κ3) is 4.44. The van der Waals surface area contributed by atoms with Gasteiger partial charge in [-0.3, -0.25) is 0 Å². The van der Waals surface area contributed by atoms with E-state index in [1.54, 1.807) is 11.3 Å². The first-order valence-corrected chi connectivity index (χ1v) is 8.58. The minimum absolute atomic E-state index is 0.152. The van der Waals surface area contributed by atoms with Gasteiger partial charge in [-0.1, -0.05) is 33.6 Å². The predicted molar refractivity (Wildman–Crippen MR) is 84.1 cm³/mol. The number of hydrogen-bond donors (Lipinski definition) is 1. The molecule has 2 atom stereocenters. The average Bonchev–Trinajstić information content (AvgIpc) is 2.80. The third-order valence-electron chi connectivity index (χ3n) is 3.82. The maximum atomic E-state index is 6.38. The zero-order chi connectivity index (χ0) is 13.9. The largest absolute Gasteiger partial charge is 0.310 e. The van der Waals surface area contributed by atoms with Crippen molar-refractivity contribution >= 4 is 22.9 Å². The number of thiazole rings is 1. The van der Waals surface area contributed by atoms with Gasteiger partial charge in [-0.2, -0.15) is 0 Å². The lowest BCUT2D eigenvalue weighted by Crippen LogP contribution is -2.30. The van der Waals surface area contributed by atoms with Crippen molar-refractivity contribution in [2.24, 2.45) is 5.92 Å². The van der Waals surface area contributed by atoms with E-state index in [-0.39, 0.29) is 5.41 Å². The van der Waals surface area contributed by atoms with Gasteiger partial charge < -0.3 is 5.32 Å². The lowest BCUT2D eigenvalue weighted by Gasteiger charge is -2.27. The van der Waals surface area contributed by atoms with Gasteiger partial charge in [-0.05, 0) is 25.3 Å². The van der Waals surface area contributed by atoms with E-state index in [9.17, 15) is 0 Å². The van der Waals surface area contributed by atoms with E-state index in [1.165, 1.54) is 36.4 Å². The van der Waals surface area contributed by atoms with E-state index >= 15 is 0 Å². The second-order valence-corrected chi connectivity index (χ2v) is 8.07. The van der Waals surface area contributed by atoms with Crippen LogP contribution in [0.25, 0.3) is 0 Å². The van der Waals surface area contributed by atoms with E-state index in [0.29, 0.717) is 11.3 Å². The summed E-state index contributed by atoms with van der Waals surface area (Å²) in [4.78, 5) is 4.71. The Morgan fingerprint density at radius 2 is 2.11 bits per heavy atom. The number of hydrogen-bond acceptors (Lipinski definition) is 3. The summed E-state index contributed by atoms with van der Waals surface area (Å²) >= 11 is 8.13. The zero-order valence-electron chi connectivity index (χ0n) is 12.2. The number of rotatable bonds is 4. The van der Waals surface area contributed by atoms with Crippen molar-refractivity contribution in [3.8, 4) is 0 Å². The number of aromatic nitrogens is 1. The van der Waals surface area contributed by atoms with Crippen molar-refractivity contribution in [3.05, 3.63) is 16.1 Å². The molecule has 0 spiro atoms. The van der Waals surface area contributed by atoms with Gasteiger partial charge in [-0.25, -0.2) is 4.98 Å². The Bertz CT molecular complexity index is 397. The van der Waals surface area contributed by atoms with Crippen LogP contribution >= 0.6 is 22.9 Å². The molecule has 1 aliphatic carbocycles. The van der Waals surface area contributed by atoms with Crippen molar-refractivity contribution in [2.75, 3.05) is 6.54 Å². The number of nitrogens with one attached hydrogen (secondary N) is 1. The molecule has 1 heterocycles. The molecule has 0 saturated heterocycles. The quantitative estimate of drug-likeness (QED) is 0.837. The zero-order valence-corrected chi connectivity index (χ0v) is 13.8. The summed E-state index contributed by atoms with van der Waals surface area (Å²) < 4.78 is 0. The van der Waals surface area contributed by atoms with Gasteiger partial charge in [0.2, 0.25) is 0 Å². The van der Waals surface area contributed by atoms with Crippen LogP contribution < -0.4 is 5.32 Å². The number of halogens is 1. The summed E-state index contributed by atoms with van der Waals surface area (Å²) in [6.07, 6.45) is 5.08. The maximum Gasteiger partial charge on any atom is 0.107 e. The summed E-state index contributed by atoms with van der Waals surface area (Å²) in [6.45, 7) is 8.53. The molecule has 2 unspecified atom stereocenters. The van der Waals surface area contributed by atoms with E-state index < -0.39 is 0 Å². The molecule has 0 aromatic carbocycles. The molecule has 1 fully saturated rings. The predicted octanol–water partition coefficient (Wildman–Crippen LogP) is 4.33. The lowest BCUT2D eigenvalue weighted by molar-refractivity contribution is 0.348. The second kappa shape index (κ2) is 6.55. The normalized spacial score (nSPS) is 24.6. The monoisotopic (exact) mass is 300 g/mol. The van der Waals surface area contributed by atoms with Crippen molar-refractivity contribution in [1.29, 1.82) is 0 Å². The highest BCUT2D eigenvalue weighted by Gasteiger charge is 2.22. The minimum atomic E-state index is 0.152. The fourth-order valence-electron chi connectivity index (χ4n) is 2.49. The van der Waals surface area contributed by atoms with Crippen LogP contribution in [0.1, 0.15) is 57.2 Å². The van der Waals surface area contributed by atoms with Crippen LogP contribution in [0.15, 0.2) is 5.38 Å². The molecule has 2 rings (SSSR count). The molecule has 0 radical (unpaired) electrons. The van der Waals surface area contributed by atoms with E-state index in [0.717, 1.165) is 13.1 Å². The summed E-state index contributed by atoms with van der Waals surface area (Å²) in [5.74, 6) is 0.637. The van der Waals surface area contributed by atoms with Crippen LogP contribution in [-0.4, -0.2) is 16.9 Å². The third-order valence-corrected chi connectivity index (χ3v) is 5.24. The molecule has 1 aliphatic rings. The van der Waals surface area contributed by atoms with Gasteiger partial charge >= 0.3 is 0 Å². The van der Waals surface area contributed by atoms with Crippen molar-refractivity contribution in [3.63, 3.8) is 0 Å². The molecule has 1 saturated carbocycles. The van der Waals surface area contributed by atoms with Gasteiger partial charge in [0.25, 0.3) is 0 Å². The Kier molecular flexibility index (Phi) is 5.27. The molecular formula is C15H25ClN2S. The minimum Gasteiger partial charge on any atom is -0.310 e. The molecular weight excluding hydrogens is 276 g/mol. The number of alkyl halides is 1. The molecule has 0 aliphatic heterocycles. The summed E-state index contributed by atoms with van der Waals surface area (Å²) in [5.41, 5.74) is 1.35. The first-order chi connectivity index (χ1) is 8.97. The van der Waals surface area contributed by atoms with Gasteiger partial charge in [0, 0.05) is 22.7 Å². The van der Waals surface area contributed by atoms with Crippen LogP contribution in [-0.2, 0) is 12.0 Å². The molecule has 2 nitrogen and oxygen atoms in total.